The number of benzene rings is 2. The summed E-state index contributed by atoms with van der Waals surface area (Å²) in [5.41, 5.74) is 1.19. The Labute approximate surface area is 182 Å². The molecule has 30 heavy (non-hydrogen) atoms. The Kier molecular flexibility index (Phi) is 7.42. The van der Waals surface area contributed by atoms with Crippen molar-refractivity contribution in [2.24, 2.45) is 7.05 Å². The monoisotopic (exact) mass is 447 g/mol. The average Bonchev–Trinajstić information content (AvgIpc) is 3.08. The van der Waals surface area contributed by atoms with Crippen molar-refractivity contribution in [3.8, 4) is 0 Å². The van der Waals surface area contributed by atoms with E-state index in [0.29, 0.717) is 33.8 Å². The number of aryl methyl sites for hydroxylation is 1. The van der Waals surface area contributed by atoms with Crippen LogP contribution in [0.4, 0.5) is 15.8 Å². The molecule has 2 N–H and O–H groups in total. The Morgan fingerprint density at radius 3 is 2.27 bits per heavy atom. The van der Waals surface area contributed by atoms with Gasteiger partial charge in [0.2, 0.25) is 11.8 Å². The number of thioether (sulfide) groups is 1. The molecule has 0 aliphatic rings. The Bertz CT molecular complexity index is 944. The van der Waals surface area contributed by atoms with Gasteiger partial charge in [0.05, 0.1) is 5.75 Å². The number of aromatic nitrogens is 3. The number of rotatable bonds is 8. The van der Waals surface area contributed by atoms with Crippen LogP contribution in [-0.4, -0.2) is 32.3 Å². The van der Waals surface area contributed by atoms with E-state index in [1.54, 1.807) is 35.9 Å². The van der Waals surface area contributed by atoms with Crippen LogP contribution < -0.4 is 10.6 Å². The zero-order chi connectivity index (χ0) is 21.5. The van der Waals surface area contributed by atoms with Gasteiger partial charge in [-0.05, 0) is 48.5 Å². The van der Waals surface area contributed by atoms with Crippen molar-refractivity contribution in [2.45, 2.75) is 18.0 Å². The van der Waals surface area contributed by atoms with Crippen molar-refractivity contribution in [1.82, 2.24) is 14.8 Å². The van der Waals surface area contributed by atoms with Crippen molar-refractivity contribution in [3.63, 3.8) is 0 Å². The molecule has 0 aliphatic heterocycles. The normalized spacial score (nSPS) is 10.6. The molecule has 0 aliphatic carbocycles. The molecular formula is C20H19ClFN5O2S. The molecule has 0 bridgehead atoms. The number of halogens is 2. The SMILES string of the molecule is Cn1c(CCC(=O)Nc2ccc(F)cc2)nnc1SCC(=O)Nc1ccc(Cl)cc1. The molecule has 3 aromatic rings. The van der Waals surface area contributed by atoms with Crippen LogP contribution in [0.3, 0.4) is 0 Å². The highest BCUT2D eigenvalue weighted by Crippen LogP contribution is 2.18. The van der Waals surface area contributed by atoms with Crippen molar-refractivity contribution in [1.29, 1.82) is 0 Å². The fourth-order valence-corrected chi connectivity index (χ4v) is 3.39. The van der Waals surface area contributed by atoms with Crippen molar-refractivity contribution in [2.75, 3.05) is 16.4 Å². The third-order valence-electron chi connectivity index (χ3n) is 4.09. The summed E-state index contributed by atoms with van der Waals surface area (Å²) < 4.78 is 14.7. The summed E-state index contributed by atoms with van der Waals surface area (Å²) in [5, 5.41) is 14.8. The highest BCUT2D eigenvalue weighted by molar-refractivity contribution is 7.99. The molecule has 0 unspecified atom stereocenters. The van der Waals surface area contributed by atoms with Crippen LogP contribution in [0.15, 0.2) is 53.7 Å². The van der Waals surface area contributed by atoms with E-state index in [4.69, 9.17) is 11.6 Å². The van der Waals surface area contributed by atoms with Gasteiger partial charge in [0.1, 0.15) is 11.6 Å². The predicted octanol–water partition coefficient (Wildman–Crippen LogP) is 3.91. The van der Waals surface area contributed by atoms with Gasteiger partial charge in [-0.2, -0.15) is 0 Å². The van der Waals surface area contributed by atoms with Crippen molar-refractivity contribution < 1.29 is 14.0 Å². The van der Waals surface area contributed by atoms with Gasteiger partial charge in [-0.1, -0.05) is 23.4 Å². The first-order valence-corrected chi connectivity index (χ1v) is 10.4. The summed E-state index contributed by atoms with van der Waals surface area (Å²) in [6, 6.07) is 12.4. The molecule has 10 heteroatoms. The molecule has 7 nitrogen and oxygen atoms in total. The maximum atomic E-state index is 12.9. The van der Waals surface area contributed by atoms with E-state index >= 15 is 0 Å². The van der Waals surface area contributed by atoms with Crippen LogP contribution in [0.5, 0.6) is 0 Å². The summed E-state index contributed by atoms with van der Waals surface area (Å²) >= 11 is 7.08. The molecular weight excluding hydrogens is 429 g/mol. The smallest absolute Gasteiger partial charge is 0.234 e. The Hall–Kier alpha value is -2.91. The van der Waals surface area contributed by atoms with Gasteiger partial charge in [-0.15, -0.1) is 10.2 Å². The van der Waals surface area contributed by atoms with Gasteiger partial charge in [0.15, 0.2) is 5.16 Å². The molecule has 0 radical (unpaired) electrons. The summed E-state index contributed by atoms with van der Waals surface area (Å²) in [5.74, 6) is 0.0511. The Morgan fingerprint density at radius 2 is 1.60 bits per heavy atom. The molecule has 0 fully saturated rings. The van der Waals surface area contributed by atoms with Gasteiger partial charge in [-0.25, -0.2) is 4.39 Å². The molecule has 0 spiro atoms. The molecule has 2 amide bonds. The van der Waals surface area contributed by atoms with E-state index in [9.17, 15) is 14.0 Å². The highest BCUT2D eigenvalue weighted by Gasteiger charge is 2.13. The lowest BCUT2D eigenvalue weighted by molar-refractivity contribution is -0.116. The zero-order valence-electron chi connectivity index (χ0n) is 16.1. The molecule has 0 saturated heterocycles. The number of amides is 2. The van der Waals surface area contributed by atoms with E-state index < -0.39 is 0 Å². The fraction of sp³-hybridized carbons (Fsp3) is 0.200. The standard InChI is InChI=1S/C20H19ClFN5O2S/c1-27-17(10-11-18(28)23-16-8-4-14(22)5-9-16)25-26-20(27)30-12-19(29)24-15-6-2-13(21)3-7-15/h2-9H,10-12H2,1H3,(H,23,28)(H,24,29). The molecule has 0 atom stereocenters. The molecule has 3 rings (SSSR count). The Balaban J connectivity index is 1.46. The first kappa shape index (κ1) is 21.8. The van der Waals surface area contributed by atoms with Gasteiger partial charge >= 0.3 is 0 Å². The summed E-state index contributed by atoms with van der Waals surface area (Å²) in [7, 11) is 1.78. The maximum absolute atomic E-state index is 12.9. The van der Waals surface area contributed by atoms with Crippen LogP contribution in [0.1, 0.15) is 12.2 Å². The number of nitrogens with one attached hydrogen (secondary N) is 2. The molecule has 2 aromatic carbocycles. The van der Waals surface area contributed by atoms with Crippen LogP contribution in [-0.2, 0) is 23.1 Å². The second-order valence-electron chi connectivity index (χ2n) is 6.36. The third kappa shape index (κ3) is 6.30. The number of carbonyl (C=O) groups excluding carboxylic acids is 2. The molecule has 1 heterocycles. The van der Waals surface area contributed by atoms with Crippen LogP contribution in [0.2, 0.25) is 5.02 Å². The average molecular weight is 448 g/mol. The Morgan fingerprint density at radius 1 is 1.00 bits per heavy atom. The molecule has 0 saturated carbocycles. The third-order valence-corrected chi connectivity index (χ3v) is 5.36. The van der Waals surface area contributed by atoms with Crippen LogP contribution in [0.25, 0.3) is 0 Å². The first-order valence-electron chi connectivity index (χ1n) is 9.02. The lowest BCUT2D eigenvalue weighted by atomic mass is 10.2. The highest BCUT2D eigenvalue weighted by atomic mass is 35.5. The second kappa shape index (κ2) is 10.2. The number of nitrogens with zero attached hydrogens (tertiary/aromatic N) is 3. The number of anilines is 2. The van der Waals surface area contributed by atoms with Gasteiger partial charge in [0.25, 0.3) is 0 Å². The molecule has 156 valence electrons. The van der Waals surface area contributed by atoms with E-state index in [2.05, 4.69) is 20.8 Å². The summed E-state index contributed by atoms with van der Waals surface area (Å²) in [4.78, 5) is 24.2. The quantitative estimate of drug-likeness (QED) is 0.511. The number of carbonyl (C=O) groups is 2. The van der Waals surface area contributed by atoms with Gasteiger partial charge in [-0.3, -0.25) is 9.59 Å². The molecule has 1 aromatic heterocycles. The largest absolute Gasteiger partial charge is 0.326 e. The number of hydrogen-bond acceptors (Lipinski definition) is 5. The van der Waals surface area contributed by atoms with Gasteiger partial charge < -0.3 is 15.2 Å². The minimum absolute atomic E-state index is 0.166. The zero-order valence-corrected chi connectivity index (χ0v) is 17.6. The maximum Gasteiger partial charge on any atom is 0.234 e. The number of hydrogen-bond donors (Lipinski definition) is 2. The minimum Gasteiger partial charge on any atom is -0.326 e. The van der Waals surface area contributed by atoms with Crippen LogP contribution in [0, 0.1) is 5.82 Å². The first-order chi connectivity index (χ1) is 14.4. The summed E-state index contributed by atoms with van der Waals surface area (Å²) in [6.07, 6.45) is 0.582. The predicted molar refractivity (Wildman–Crippen MR) is 115 cm³/mol. The summed E-state index contributed by atoms with van der Waals surface area (Å²) in [6.45, 7) is 0. The minimum atomic E-state index is -0.362. The van der Waals surface area contributed by atoms with Crippen molar-refractivity contribution >= 4 is 46.6 Å². The second-order valence-corrected chi connectivity index (χ2v) is 7.74. The van der Waals surface area contributed by atoms with Gasteiger partial charge in [0, 0.05) is 36.3 Å². The van der Waals surface area contributed by atoms with E-state index in [1.807, 2.05) is 0 Å². The topological polar surface area (TPSA) is 88.9 Å². The lowest BCUT2D eigenvalue weighted by Crippen LogP contribution is -2.15. The lowest BCUT2D eigenvalue weighted by Gasteiger charge is -2.06. The van der Waals surface area contributed by atoms with Crippen molar-refractivity contribution in [3.05, 3.63) is 65.2 Å². The van der Waals surface area contributed by atoms with E-state index in [1.165, 1.54) is 36.0 Å². The fourth-order valence-electron chi connectivity index (χ4n) is 2.53. The van der Waals surface area contributed by atoms with E-state index in [0.717, 1.165) is 0 Å². The van der Waals surface area contributed by atoms with Crippen LogP contribution >= 0.6 is 23.4 Å². The van der Waals surface area contributed by atoms with E-state index in [-0.39, 0.29) is 29.8 Å².